The number of hydrogen-bond donors (Lipinski definition) is 1. The summed E-state index contributed by atoms with van der Waals surface area (Å²) in [6.07, 6.45) is 0. The molecule has 18 heavy (non-hydrogen) atoms. The Morgan fingerprint density at radius 2 is 1.67 bits per heavy atom. The molecule has 1 unspecified atom stereocenters. The number of nitrogens with zero attached hydrogens (tertiary/aromatic N) is 1. The Morgan fingerprint density at radius 3 is 2.06 bits per heavy atom. The molecule has 1 aromatic carbocycles. The van der Waals surface area contributed by atoms with Gasteiger partial charge in [0, 0.05) is 6.04 Å². The van der Waals surface area contributed by atoms with Gasteiger partial charge in [-0.3, -0.25) is 9.69 Å². The molecule has 0 amide bonds. The summed E-state index contributed by atoms with van der Waals surface area (Å²) in [4.78, 5) is 12.8. The number of carbonyl (C=O) groups is 1. The highest BCUT2D eigenvalue weighted by Gasteiger charge is 2.16. The van der Waals surface area contributed by atoms with Crippen molar-refractivity contribution in [1.29, 1.82) is 0 Å². The minimum Gasteiger partial charge on any atom is -0.480 e. The highest BCUT2D eigenvalue weighted by molar-refractivity contribution is 5.69. The number of carboxylic acids is 1. The fourth-order valence-electron chi connectivity index (χ4n) is 2.07. The van der Waals surface area contributed by atoms with Crippen molar-refractivity contribution in [3.05, 3.63) is 35.4 Å². The van der Waals surface area contributed by atoms with E-state index in [-0.39, 0.29) is 12.6 Å². The Kier molecular flexibility index (Phi) is 5.35. The van der Waals surface area contributed by atoms with E-state index in [1.54, 1.807) is 0 Å². The van der Waals surface area contributed by atoms with Gasteiger partial charge in [-0.15, -0.1) is 0 Å². The molecule has 0 spiro atoms. The van der Waals surface area contributed by atoms with Crippen molar-refractivity contribution in [3.63, 3.8) is 0 Å². The molecule has 3 nitrogen and oxygen atoms in total. The van der Waals surface area contributed by atoms with E-state index in [9.17, 15) is 4.79 Å². The van der Waals surface area contributed by atoms with E-state index in [1.165, 1.54) is 11.1 Å². The Hall–Kier alpha value is -1.35. The molecule has 0 aliphatic rings. The Balaban J connectivity index is 2.81. The van der Waals surface area contributed by atoms with Crippen LogP contribution in [0.1, 0.15) is 50.8 Å². The van der Waals surface area contributed by atoms with Gasteiger partial charge in [0.15, 0.2) is 0 Å². The lowest BCUT2D eigenvalue weighted by molar-refractivity contribution is -0.138. The second-order valence-corrected chi connectivity index (χ2v) is 4.95. The van der Waals surface area contributed by atoms with Crippen LogP contribution in [0.2, 0.25) is 0 Å². The van der Waals surface area contributed by atoms with Crippen LogP contribution in [0.4, 0.5) is 0 Å². The van der Waals surface area contributed by atoms with Crippen LogP contribution in [0.15, 0.2) is 24.3 Å². The molecule has 0 aromatic heterocycles. The van der Waals surface area contributed by atoms with Gasteiger partial charge in [-0.1, -0.05) is 45.0 Å². The van der Waals surface area contributed by atoms with Crippen molar-refractivity contribution < 1.29 is 9.90 Å². The predicted molar refractivity (Wildman–Crippen MR) is 73.8 cm³/mol. The highest BCUT2D eigenvalue weighted by Crippen LogP contribution is 2.22. The SMILES string of the molecule is CCN(CC(=O)O)C(C)c1ccc(C(C)C)cc1. The number of benzene rings is 1. The van der Waals surface area contributed by atoms with Gasteiger partial charge < -0.3 is 5.11 Å². The summed E-state index contributed by atoms with van der Waals surface area (Å²) in [5.74, 6) is -0.252. The molecule has 0 heterocycles. The van der Waals surface area contributed by atoms with E-state index in [2.05, 4.69) is 45.0 Å². The van der Waals surface area contributed by atoms with Gasteiger partial charge in [-0.05, 0) is 30.5 Å². The summed E-state index contributed by atoms with van der Waals surface area (Å²) in [6.45, 7) is 9.20. The van der Waals surface area contributed by atoms with Gasteiger partial charge in [0.2, 0.25) is 0 Å². The summed E-state index contributed by atoms with van der Waals surface area (Å²) < 4.78 is 0. The maximum absolute atomic E-state index is 10.8. The van der Waals surface area contributed by atoms with Crippen molar-refractivity contribution in [1.82, 2.24) is 4.90 Å². The Labute approximate surface area is 109 Å². The summed E-state index contributed by atoms with van der Waals surface area (Å²) in [5.41, 5.74) is 2.48. The summed E-state index contributed by atoms with van der Waals surface area (Å²) in [5, 5.41) is 8.89. The second kappa shape index (κ2) is 6.55. The number of likely N-dealkylation sites (N-methyl/N-ethyl adjacent to an activating group) is 1. The molecular formula is C15H23NO2. The van der Waals surface area contributed by atoms with Crippen molar-refractivity contribution in [2.75, 3.05) is 13.1 Å². The molecule has 1 aromatic rings. The zero-order valence-electron chi connectivity index (χ0n) is 11.7. The zero-order chi connectivity index (χ0) is 13.7. The van der Waals surface area contributed by atoms with E-state index >= 15 is 0 Å². The summed E-state index contributed by atoms with van der Waals surface area (Å²) >= 11 is 0. The number of carboxylic acid groups (broad SMARTS) is 1. The molecule has 1 rings (SSSR count). The van der Waals surface area contributed by atoms with Crippen LogP contribution in [0.25, 0.3) is 0 Å². The van der Waals surface area contributed by atoms with Crippen LogP contribution in [0.5, 0.6) is 0 Å². The monoisotopic (exact) mass is 249 g/mol. The van der Waals surface area contributed by atoms with E-state index in [4.69, 9.17) is 5.11 Å². The molecule has 0 bridgehead atoms. The van der Waals surface area contributed by atoms with E-state index in [0.29, 0.717) is 5.92 Å². The first-order chi connectivity index (χ1) is 8.45. The Bertz CT molecular complexity index is 384. The quantitative estimate of drug-likeness (QED) is 0.841. The summed E-state index contributed by atoms with van der Waals surface area (Å²) in [7, 11) is 0. The first kappa shape index (κ1) is 14.7. The lowest BCUT2D eigenvalue weighted by Crippen LogP contribution is -2.32. The van der Waals surface area contributed by atoms with Gasteiger partial charge in [0.1, 0.15) is 0 Å². The third-order valence-corrected chi connectivity index (χ3v) is 3.38. The van der Waals surface area contributed by atoms with E-state index in [1.807, 2.05) is 11.8 Å². The number of aliphatic carboxylic acids is 1. The van der Waals surface area contributed by atoms with Crippen molar-refractivity contribution in [3.8, 4) is 0 Å². The minimum atomic E-state index is -0.775. The molecule has 0 aliphatic carbocycles. The van der Waals surface area contributed by atoms with Crippen LogP contribution in [-0.2, 0) is 4.79 Å². The minimum absolute atomic E-state index is 0.0869. The smallest absolute Gasteiger partial charge is 0.317 e. The normalized spacial score (nSPS) is 13.0. The maximum Gasteiger partial charge on any atom is 0.317 e. The number of rotatable bonds is 6. The van der Waals surface area contributed by atoms with Gasteiger partial charge in [-0.2, -0.15) is 0 Å². The van der Waals surface area contributed by atoms with Gasteiger partial charge in [0.05, 0.1) is 6.54 Å². The van der Waals surface area contributed by atoms with Crippen molar-refractivity contribution in [2.45, 2.75) is 39.7 Å². The van der Waals surface area contributed by atoms with Gasteiger partial charge in [-0.25, -0.2) is 0 Å². The molecule has 0 aliphatic heterocycles. The first-order valence-electron chi connectivity index (χ1n) is 6.51. The number of hydrogen-bond acceptors (Lipinski definition) is 2. The molecule has 1 atom stereocenters. The van der Waals surface area contributed by atoms with E-state index < -0.39 is 5.97 Å². The average Bonchev–Trinajstić information content (AvgIpc) is 2.35. The standard InChI is InChI=1S/C15H23NO2/c1-5-16(10-15(17)18)12(4)14-8-6-13(7-9-14)11(2)3/h6-9,11-12H,5,10H2,1-4H3,(H,17,18). The van der Waals surface area contributed by atoms with Crippen LogP contribution in [-0.4, -0.2) is 29.1 Å². The first-order valence-corrected chi connectivity index (χ1v) is 6.51. The van der Waals surface area contributed by atoms with Gasteiger partial charge >= 0.3 is 5.97 Å². The topological polar surface area (TPSA) is 40.5 Å². The van der Waals surface area contributed by atoms with Crippen molar-refractivity contribution in [2.24, 2.45) is 0 Å². The molecule has 0 saturated carbocycles. The fourth-order valence-corrected chi connectivity index (χ4v) is 2.07. The lowest BCUT2D eigenvalue weighted by Gasteiger charge is -2.26. The third kappa shape index (κ3) is 3.84. The molecule has 0 fully saturated rings. The van der Waals surface area contributed by atoms with Crippen LogP contribution in [0, 0.1) is 0 Å². The average molecular weight is 249 g/mol. The van der Waals surface area contributed by atoms with Crippen molar-refractivity contribution >= 4 is 5.97 Å². The lowest BCUT2D eigenvalue weighted by atomic mass is 9.99. The van der Waals surface area contributed by atoms with Crippen LogP contribution < -0.4 is 0 Å². The van der Waals surface area contributed by atoms with Gasteiger partial charge in [0.25, 0.3) is 0 Å². The summed E-state index contributed by atoms with van der Waals surface area (Å²) in [6, 6.07) is 8.60. The largest absolute Gasteiger partial charge is 0.480 e. The fraction of sp³-hybridized carbons (Fsp3) is 0.533. The predicted octanol–water partition coefficient (Wildman–Crippen LogP) is 3.28. The molecule has 1 N–H and O–H groups in total. The second-order valence-electron chi connectivity index (χ2n) is 4.95. The Morgan fingerprint density at radius 1 is 1.17 bits per heavy atom. The van der Waals surface area contributed by atoms with Crippen LogP contribution >= 0.6 is 0 Å². The molecule has 100 valence electrons. The maximum atomic E-state index is 10.8. The van der Waals surface area contributed by atoms with E-state index in [0.717, 1.165) is 6.54 Å². The zero-order valence-corrected chi connectivity index (χ0v) is 11.7. The molecule has 0 radical (unpaired) electrons. The van der Waals surface area contributed by atoms with Crippen LogP contribution in [0.3, 0.4) is 0 Å². The highest BCUT2D eigenvalue weighted by atomic mass is 16.4. The molecule has 0 saturated heterocycles. The molecular weight excluding hydrogens is 226 g/mol. The third-order valence-electron chi connectivity index (χ3n) is 3.38. The molecule has 3 heteroatoms.